The number of rotatable bonds is 8. The van der Waals surface area contributed by atoms with Crippen molar-refractivity contribution in [3.05, 3.63) is 126 Å². The smallest absolute Gasteiger partial charge is 0.261 e. The molecule has 0 aromatic heterocycles. The maximum atomic E-state index is 13.2. The van der Waals surface area contributed by atoms with E-state index < -0.39 is 10.0 Å². The Labute approximate surface area is 229 Å². The minimum Gasteiger partial charge on any atom is -0.497 e. The van der Waals surface area contributed by atoms with Crippen LogP contribution in [0.25, 0.3) is 0 Å². The van der Waals surface area contributed by atoms with Crippen molar-refractivity contribution in [2.45, 2.75) is 29.9 Å². The first-order valence-electron chi connectivity index (χ1n) is 13.0. The summed E-state index contributed by atoms with van der Waals surface area (Å²) in [6, 6.07) is 30.7. The van der Waals surface area contributed by atoms with E-state index in [-0.39, 0.29) is 16.9 Å². The molecule has 0 amide bonds. The average Bonchev–Trinajstić information content (AvgIpc) is 3.47. The molecule has 4 aromatic rings. The fourth-order valence-electron chi connectivity index (χ4n) is 5.46. The zero-order valence-corrected chi connectivity index (χ0v) is 22.4. The van der Waals surface area contributed by atoms with E-state index in [0.29, 0.717) is 24.0 Å². The van der Waals surface area contributed by atoms with Gasteiger partial charge >= 0.3 is 0 Å². The van der Waals surface area contributed by atoms with E-state index >= 15 is 0 Å². The highest BCUT2D eigenvalue weighted by atomic mass is 32.2. The third-order valence-corrected chi connectivity index (χ3v) is 8.85. The fraction of sp³-hybridized carbons (Fsp3) is 0.188. The molecule has 1 heterocycles. The van der Waals surface area contributed by atoms with Gasteiger partial charge in [-0.2, -0.15) is 0 Å². The second-order valence-corrected chi connectivity index (χ2v) is 11.6. The summed E-state index contributed by atoms with van der Waals surface area (Å²) in [4.78, 5) is 0.247. The number of ether oxygens (including phenoxy) is 2. The monoisotopic (exact) mass is 538 g/mol. The lowest BCUT2D eigenvalue weighted by molar-refractivity contribution is 0.306. The quantitative estimate of drug-likeness (QED) is 0.239. The number of sulfonamides is 1. The second kappa shape index (κ2) is 10.5. The average molecular weight is 539 g/mol. The van der Waals surface area contributed by atoms with Crippen LogP contribution in [0.5, 0.6) is 11.5 Å². The minimum atomic E-state index is -3.75. The molecule has 0 saturated carbocycles. The summed E-state index contributed by atoms with van der Waals surface area (Å²) in [6.45, 7) is 0.530. The van der Waals surface area contributed by atoms with Crippen molar-refractivity contribution < 1.29 is 17.9 Å². The van der Waals surface area contributed by atoms with E-state index in [2.05, 4.69) is 46.5 Å². The molecule has 7 heteroatoms. The van der Waals surface area contributed by atoms with Gasteiger partial charge in [0, 0.05) is 17.3 Å². The van der Waals surface area contributed by atoms with Crippen molar-refractivity contribution in [1.82, 2.24) is 0 Å². The summed E-state index contributed by atoms with van der Waals surface area (Å²) in [5.41, 5.74) is 4.77. The van der Waals surface area contributed by atoms with E-state index in [9.17, 15) is 8.42 Å². The summed E-state index contributed by atoms with van der Waals surface area (Å²) in [7, 11) is -2.17. The van der Waals surface area contributed by atoms with E-state index in [1.165, 1.54) is 5.56 Å². The number of hydrogen-bond donors (Lipinski definition) is 2. The number of anilines is 2. The van der Waals surface area contributed by atoms with Crippen LogP contribution in [-0.2, 0) is 16.6 Å². The van der Waals surface area contributed by atoms with Crippen LogP contribution in [0.15, 0.2) is 114 Å². The third kappa shape index (κ3) is 5.22. The van der Waals surface area contributed by atoms with Crippen LogP contribution in [0, 0.1) is 5.92 Å². The lowest BCUT2D eigenvalue weighted by Gasteiger charge is -2.37. The number of benzene rings is 4. The second-order valence-electron chi connectivity index (χ2n) is 9.90. The third-order valence-electron chi connectivity index (χ3n) is 7.47. The molecule has 0 radical (unpaired) electrons. The van der Waals surface area contributed by atoms with Crippen LogP contribution < -0.4 is 19.5 Å². The topological polar surface area (TPSA) is 76.7 Å². The standard InChI is InChI=1S/C32H30N2O4S/c1-37-25-16-12-24(13-17-25)34-39(35,36)27-18-19-31-30(20-27)28-8-5-9-29(28)32(33-31)23-10-14-26(15-11-23)38-21-22-6-3-2-4-7-22/h2-8,10-20,28-29,32-34H,9,21H2,1H3. The van der Waals surface area contributed by atoms with Crippen LogP contribution in [0.4, 0.5) is 11.4 Å². The van der Waals surface area contributed by atoms with Crippen molar-refractivity contribution in [2.75, 3.05) is 17.1 Å². The first kappa shape index (κ1) is 25.1. The Bertz CT molecular complexity index is 1580. The van der Waals surface area contributed by atoms with Gasteiger partial charge in [-0.1, -0.05) is 54.6 Å². The largest absolute Gasteiger partial charge is 0.497 e. The molecule has 1 aliphatic carbocycles. The van der Waals surface area contributed by atoms with Crippen molar-refractivity contribution in [2.24, 2.45) is 5.92 Å². The van der Waals surface area contributed by atoms with Crippen molar-refractivity contribution in [3.8, 4) is 11.5 Å². The normalized spacial score (nSPS) is 19.5. The molecule has 6 rings (SSSR count). The van der Waals surface area contributed by atoms with Gasteiger partial charge in [0.2, 0.25) is 0 Å². The summed E-state index contributed by atoms with van der Waals surface area (Å²) in [6.07, 6.45) is 5.34. The SMILES string of the molecule is COc1ccc(NS(=O)(=O)c2ccc3c(c2)C2C=CCC2C(c2ccc(OCc4ccccc4)cc2)N3)cc1. The summed E-state index contributed by atoms with van der Waals surface area (Å²) in [5, 5.41) is 3.69. The van der Waals surface area contributed by atoms with Crippen LogP contribution in [0.1, 0.15) is 35.1 Å². The molecule has 1 aliphatic heterocycles. The first-order valence-corrected chi connectivity index (χ1v) is 14.5. The molecule has 4 aromatic carbocycles. The summed E-state index contributed by atoms with van der Waals surface area (Å²) >= 11 is 0. The van der Waals surface area contributed by atoms with Gasteiger partial charge in [-0.25, -0.2) is 8.42 Å². The molecule has 6 nitrogen and oxygen atoms in total. The minimum absolute atomic E-state index is 0.112. The van der Waals surface area contributed by atoms with Gasteiger partial charge in [-0.3, -0.25) is 4.72 Å². The van der Waals surface area contributed by atoms with Gasteiger partial charge in [-0.15, -0.1) is 0 Å². The molecule has 2 N–H and O–H groups in total. The lowest BCUT2D eigenvalue weighted by Crippen LogP contribution is -2.29. The van der Waals surface area contributed by atoms with Gasteiger partial charge in [0.05, 0.1) is 18.0 Å². The maximum Gasteiger partial charge on any atom is 0.261 e. The summed E-state index contributed by atoms with van der Waals surface area (Å²) in [5.74, 6) is 1.93. The van der Waals surface area contributed by atoms with Crippen molar-refractivity contribution in [1.29, 1.82) is 0 Å². The van der Waals surface area contributed by atoms with Crippen LogP contribution >= 0.6 is 0 Å². The Morgan fingerprint density at radius 3 is 2.38 bits per heavy atom. The van der Waals surface area contributed by atoms with Gasteiger partial charge in [-0.05, 0) is 83.6 Å². The molecule has 2 aliphatic rings. The zero-order chi connectivity index (χ0) is 26.8. The molecule has 0 fully saturated rings. The molecule has 39 heavy (non-hydrogen) atoms. The summed E-state index contributed by atoms with van der Waals surface area (Å²) < 4.78 is 40.2. The van der Waals surface area contributed by atoms with Crippen LogP contribution in [0.3, 0.4) is 0 Å². The Morgan fingerprint density at radius 1 is 0.897 bits per heavy atom. The number of nitrogens with one attached hydrogen (secondary N) is 2. The van der Waals surface area contributed by atoms with Gasteiger partial charge in [0.15, 0.2) is 0 Å². The number of hydrogen-bond acceptors (Lipinski definition) is 5. The van der Waals surface area contributed by atoms with Crippen molar-refractivity contribution in [3.63, 3.8) is 0 Å². The molecule has 198 valence electrons. The van der Waals surface area contributed by atoms with E-state index in [1.54, 1.807) is 43.5 Å². The lowest BCUT2D eigenvalue weighted by atomic mass is 9.77. The highest BCUT2D eigenvalue weighted by Gasteiger charge is 2.38. The molecule has 0 spiro atoms. The van der Waals surface area contributed by atoms with Crippen molar-refractivity contribution >= 4 is 21.4 Å². The number of methoxy groups -OCH3 is 1. The molecule has 3 atom stereocenters. The van der Waals surface area contributed by atoms with Gasteiger partial charge < -0.3 is 14.8 Å². The Balaban J connectivity index is 1.20. The van der Waals surface area contributed by atoms with Gasteiger partial charge in [0.25, 0.3) is 10.0 Å². The Hall–Kier alpha value is -4.23. The van der Waals surface area contributed by atoms with Gasteiger partial charge in [0.1, 0.15) is 18.1 Å². The van der Waals surface area contributed by atoms with E-state index in [0.717, 1.165) is 29.0 Å². The highest BCUT2D eigenvalue weighted by molar-refractivity contribution is 7.92. The Kier molecular flexibility index (Phi) is 6.75. The number of allylic oxidation sites excluding steroid dienone is 2. The highest BCUT2D eigenvalue weighted by Crippen LogP contribution is 2.50. The maximum absolute atomic E-state index is 13.2. The predicted octanol–water partition coefficient (Wildman–Crippen LogP) is 6.90. The molecule has 0 bridgehead atoms. The molecule has 3 unspecified atom stereocenters. The zero-order valence-electron chi connectivity index (χ0n) is 21.6. The van der Waals surface area contributed by atoms with E-state index in [4.69, 9.17) is 9.47 Å². The Morgan fingerprint density at radius 2 is 1.64 bits per heavy atom. The molecular formula is C32H30N2O4S. The fourth-order valence-corrected chi connectivity index (χ4v) is 6.55. The predicted molar refractivity (Wildman–Crippen MR) is 154 cm³/mol. The first-order chi connectivity index (χ1) is 19.0. The molecular weight excluding hydrogens is 508 g/mol. The van der Waals surface area contributed by atoms with Crippen LogP contribution in [-0.4, -0.2) is 15.5 Å². The van der Waals surface area contributed by atoms with E-state index in [1.807, 2.05) is 36.4 Å². The number of fused-ring (bicyclic) bond motifs is 3. The van der Waals surface area contributed by atoms with Crippen LogP contribution in [0.2, 0.25) is 0 Å². The molecule has 0 saturated heterocycles.